The molecule has 0 saturated heterocycles. The number of ketones is 1. The van der Waals surface area contributed by atoms with Crippen LogP contribution in [-0.4, -0.2) is 22.2 Å². The van der Waals surface area contributed by atoms with Crippen molar-refractivity contribution in [2.24, 2.45) is 5.92 Å². The number of nitrogens with zero attached hydrogens (tertiary/aromatic N) is 2. The number of fused-ring (bicyclic) bond motifs is 1. The molecule has 0 spiro atoms. The third kappa shape index (κ3) is 5.66. The number of rotatable bonds is 11. The van der Waals surface area contributed by atoms with Crippen molar-refractivity contribution < 1.29 is 23.5 Å². The Kier molecular flexibility index (Phi) is 6.84. The van der Waals surface area contributed by atoms with Crippen LogP contribution in [0.5, 0.6) is 17.2 Å². The smallest absolute Gasteiger partial charge is 0.211 e. The quantitative estimate of drug-likeness (QED) is 0.277. The molecule has 0 unspecified atom stereocenters. The monoisotopic (exact) mass is 485 g/mol. The van der Waals surface area contributed by atoms with E-state index in [1.807, 2.05) is 18.2 Å². The maximum absolute atomic E-state index is 14.7. The van der Waals surface area contributed by atoms with Gasteiger partial charge in [0.25, 0.3) is 0 Å². The van der Waals surface area contributed by atoms with Crippen LogP contribution in [0.25, 0.3) is 10.9 Å². The molecule has 0 bridgehead atoms. The molecule has 2 heterocycles. The van der Waals surface area contributed by atoms with Gasteiger partial charge >= 0.3 is 0 Å². The van der Waals surface area contributed by atoms with Crippen LogP contribution in [0.4, 0.5) is 10.1 Å². The number of carbonyl (C=O) groups excluding carboxylic acids is 2. The van der Waals surface area contributed by atoms with Crippen molar-refractivity contribution in [3.05, 3.63) is 84.1 Å². The molecule has 1 fully saturated rings. The Morgan fingerprint density at radius 1 is 1.06 bits per heavy atom. The minimum Gasteiger partial charge on any atom is -0.485 e. The van der Waals surface area contributed by atoms with E-state index >= 15 is 0 Å². The molecular formula is C28H24FN3O4. The molecule has 1 aliphatic carbocycles. The molecule has 8 heteroatoms. The number of hydrogen-bond acceptors (Lipinski definition) is 6. The van der Waals surface area contributed by atoms with Gasteiger partial charge in [0, 0.05) is 42.8 Å². The van der Waals surface area contributed by atoms with Crippen molar-refractivity contribution >= 4 is 28.8 Å². The van der Waals surface area contributed by atoms with Gasteiger partial charge < -0.3 is 14.8 Å². The first-order chi connectivity index (χ1) is 17.6. The van der Waals surface area contributed by atoms with E-state index in [4.69, 9.17) is 9.47 Å². The summed E-state index contributed by atoms with van der Waals surface area (Å²) in [7, 11) is 0. The number of nitrogens with one attached hydrogen (secondary N) is 1. The van der Waals surface area contributed by atoms with E-state index in [0.717, 1.165) is 18.5 Å². The number of aromatic nitrogens is 2. The summed E-state index contributed by atoms with van der Waals surface area (Å²) in [6, 6.07) is 15.1. The fourth-order valence-corrected chi connectivity index (χ4v) is 3.96. The zero-order chi connectivity index (χ0) is 24.9. The summed E-state index contributed by atoms with van der Waals surface area (Å²) in [5.74, 6) is 1.20. The Labute approximate surface area is 207 Å². The number of Topliss-reactive ketones (excluding diaryl/α,β-unsaturated/α-hetero) is 1. The lowest BCUT2D eigenvalue weighted by molar-refractivity contribution is -0.118. The molecule has 182 valence electrons. The number of amides is 1. The van der Waals surface area contributed by atoms with Crippen molar-refractivity contribution in [3.8, 4) is 17.2 Å². The Balaban J connectivity index is 1.37. The first kappa shape index (κ1) is 23.4. The Morgan fingerprint density at radius 3 is 2.69 bits per heavy atom. The van der Waals surface area contributed by atoms with Gasteiger partial charge in [0.1, 0.15) is 35.5 Å². The number of carbonyl (C=O) groups is 2. The number of pyridine rings is 2. The molecule has 0 atom stereocenters. The lowest BCUT2D eigenvalue weighted by Crippen LogP contribution is -2.05. The van der Waals surface area contributed by atoms with Gasteiger partial charge in [0.15, 0.2) is 0 Å². The third-order valence-electron chi connectivity index (χ3n) is 5.97. The van der Waals surface area contributed by atoms with Gasteiger partial charge in [-0.25, -0.2) is 4.39 Å². The second-order valence-electron chi connectivity index (χ2n) is 8.76. The topological polar surface area (TPSA) is 90.4 Å². The Hall–Kier alpha value is -4.33. The molecule has 1 saturated carbocycles. The fourth-order valence-electron chi connectivity index (χ4n) is 3.96. The SMILES string of the molecule is O=CNc1cc2c(Oc3ccc(CC(=O)CC4CC4)c(F)c3)ccnc2cc1OCc1ccccn1. The maximum atomic E-state index is 14.7. The highest BCUT2D eigenvalue weighted by Crippen LogP contribution is 2.37. The van der Waals surface area contributed by atoms with Crippen LogP contribution in [-0.2, 0) is 22.6 Å². The second-order valence-corrected chi connectivity index (χ2v) is 8.76. The van der Waals surface area contributed by atoms with Crippen LogP contribution in [0.15, 0.2) is 67.0 Å². The molecule has 5 rings (SSSR count). The first-order valence-electron chi connectivity index (χ1n) is 11.7. The predicted molar refractivity (Wildman–Crippen MR) is 133 cm³/mol. The van der Waals surface area contributed by atoms with Gasteiger partial charge in [0.05, 0.1) is 16.9 Å². The van der Waals surface area contributed by atoms with Crippen LogP contribution >= 0.6 is 0 Å². The molecule has 1 N–H and O–H groups in total. The summed E-state index contributed by atoms with van der Waals surface area (Å²) in [4.78, 5) is 32.0. The predicted octanol–water partition coefficient (Wildman–Crippen LogP) is 5.62. The largest absolute Gasteiger partial charge is 0.485 e. The molecule has 0 radical (unpaired) electrons. The Morgan fingerprint density at radius 2 is 1.94 bits per heavy atom. The highest BCUT2D eigenvalue weighted by Gasteiger charge is 2.24. The molecule has 1 amide bonds. The van der Waals surface area contributed by atoms with Crippen molar-refractivity contribution in [3.63, 3.8) is 0 Å². The van der Waals surface area contributed by atoms with Crippen LogP contribution < -0.4 is 14.8 Å². The summed E-state index contributed by atoms with van der Waals surface area (Å²) in [5, 5.41) is 3.25. The Bertz CT molecular complexity index is 1410. The van der Waals surface area contributed by atoms with E-state index < -0.39 is 5.82 Å². The molecular weight excluding hydrogens is 461 g/mol. The van der Waals surface area contributed by atoms with E-state index in [9.17, 15) is 14.0 Å². The lowest BCUT2D eigenvalue weighted by Gasteiger charge is -2.14. The molecule has 2 aromatic carbocycles. The van der Waals surface area contributed by atoms with Crippen molar-refractivity contribution in [1.82, 2.24) is 9.97 Å². The van der Waals surface area contributed by atoms with Crippen LogP contribution in [0.1, 0.15) is 30.5 Å². The highest BCUT2D eigenvalue weighted by molar-refractivity contribution is 5.93. The van der Waals surface area contributed by atoms with Gasteiger partial charge in [-0.1, -0.05) is 12.1 Å². The average Bonchev–Trinajstić information content (AvgIpc) is 3.69. The summed E-state index contributed by atoms with van der Waals surface area (Å²) < 4.78 is 26.6. The summed E-state index contributed by atoms with van der Waals surface area (Å²) in [5.41, 5.74) is 2.10. The van der Waals surface area contributed by atoms with Gasteiger partial charge in [-0.3, -0.25) is 19.6 Å². The van der Waals surface area contributed by atoms with Crippen molar-refractivity contribution in [2.45, 2.75) is 32.3 Å². The van der Waals surface area contributed by atoms with Crippen LogP contribution in [0.2, 0.25) is 0 Å². The van der Waals surface area contributed by atoms with Gasteiger partial charge in [-0.15, -0.1) is 0 Å². The number of halogens is 1. The van der Waals surface area contributed by atoms with Crippen molar-refractivity contribution in [1.29, 1.82) is 0 Å². The average molecular weight is 486 g/mol. The van der Waals surface area contributed by atoms with Gasteiger partial charge in [-0.05, 0) is 54.7 Å². The van der Waals surface area contributed by atoms with Gasteiger partial charge in [-0.2, -0.15) is 0 Å². The molecule has 2 aromatic heterocycles. The molecule has 36 heavy (non-hydrogen) atoms. The normalized spacial score (nSPS) is 12.8. The second kappa shape index (κ2) is 10.5. The van der Waals surface area contributed by atoms with E-state index in [1.54, 1.807) is 42.7 Å². The summed E-state index contributed by atoms with van der Waals surface area (Å²) >= 11 is 0. The number of ether oxygens (including phenoxy) is 2. The minimum absolute atomic E-state index is 0.0569. The van der Waals surface area contributed by atoms with Crippen molar-refractivity contribution in [2.75, 3.05) is 5.32 Å². The number of benzene rings is 2. The third-order valence-corrected chi connectivity index (χ3v) is 5.97. The van der Waals surface area contributed by atoms with Crippen LogP contribution in [0, 0.1) is 11.7 Å². The van der Waals surface area contributed by atoms with E-state index in [-0.39, 0.29) is 18.8 Å². The highest BCUT2D eigenvalue weighted by atomic mass is 19.1. The summed E-state index contributed by atoms with van der Waals surface area (Å²) in [6.07, 6.45) is 6.59. The zero-order valence-corrected chi connectivity index (χ0v) is 19.4. The fraction of sp³-hybridized carbons (Fsp3) is 0.214. The first-order valence-corrected chi connectivity index (χ1v) is 11.7. The minimum atomic E-state index is -0.483. The van der Waals surface area contributed by atoms with Gasteiger partial charge in [0.2, 0.25) is 6.41 Å². The van der Waals surface area contributed by atoms with E-state index in [2.05, 4.69) is 15.3 Å². The molecule has 7 nitrogen and oxygen atoms in total. The van der Waals surface area contributed by atoms with E-state index in [0.29, 0.717) is 58.2 Å². The zero-order valence-electron chi connectivity index (χ0n) is 19.4. The molecule has 0 aliphatic heterocycles. The number of anilines is 1. The van der Waals surface area contributed by atoms with E-state index in [1.165, 1.54) is 6.07 Å². The molecule has 1 aliphatic rings. The maximum Gasteiger partial charge on any atom is 0.211 e. The number of hydrogen-bond donors (Lipinski definition) is 1. The standard InChI is InChI=1S/C28H24FN3O4/c29-24-13-22(7-6-19(24)12-21(34)11-18-4-5-18)36-27-8-10-31-25-15-28(26(32-17-33)14-23(25)27)35-16-20-3-1-2-9-30-20/h1-3,6-10,13-15,17-18H,4-5,11-12,16H2,(H,32,33). The molecule has 4 aromatic rings. The lowest BCUT2D eigenvalue weighted by atomic mass is 10.0. The summed E-state index contributed by atoms with van der Waals surface area (Å²) in [6.45, 7) is 0.213. The van der Waals surface area contributed by atoms with Crippen LogP contribution in [0.3, 0.4) is 0 Å².